The number of amides is 2. The summed E-state index contributed by atoms with van der Waals surface area (Å²) >= 11 is 0. The maximum Gasteiger partial charge on any atom is 0.328 e. The fourth-order valence-electron chi connectivity index (χ4n) is 3.19. The Hall–Kier alpha value is -4.46. The molecule has 0 fully saturated rings. The average Bonchev–Trinajstić information content (AvgIpc) is 2.77. The van der Waals surface area contributed by atoms with E-state index < -0.39 is 23.8 Å². The Bertz CT molecular complexity index is 1140. The molecule has 0 aromatic heterocycles. The number of benzene rings is 2. The second-order valence-electron chi connectivity index (χ2n) is 8.14. The lowest BCUT2D eigenvalue weighted by Gasteiger charge is -2.27. The monoisotopic (exact) mass is 462 g/mol. The van der Waals surface area contributed by atoms with E-state index in [0.29, 0.717) is 17.8 Å². The van der Waals surface area contributed by atoms with Crippen LogP contribution in [0.2, 0.25) is 0 Å². The molecule has 176 valence electrons. The molecule has 2 aromatic carbocycles. The fourth-order valence-corrected chi connectivity index (χ4v) is 3.19. The highest BCUT2D eigenvalue weighted by Crippen LogP contribution is 2.34. The van der Waals surface area contributed by atoms with Gasteiger partial charge < -0.3 is 20.8 Å². The summed E-state index contributed by atoms with van der Waals surface area (Å²) in [4.78, 5) is 44.4. The van der Waals surface area contributed by atoms with Crippen LogP contribution in [0.25, 0.3) is 5.57 Å². The van der Waals surface area contributed by atoms with Crippen LogP contribution in [-0.4, -0.2) is 34.0 Å². The van der Waals surface area contributed by atoms with Gasteiger partial charge in [0.1, 0.15) is 0 Å². The van der Waals surface area contributed by atoms with Gasteiger partial charge in [0.2, 0.25) is 11.8 Å². The van der Waals surface area contributed by atoms with E-state index >= 15 is 0 Å². The zero-order chi connectivity index (χ0) is 25.3. The van der Waals surface area contributed by atoms with Gasteiger partial charge in [0.25, 0.3) is 0 Å². The molecular formula is C26H26N2O6. The third-order valence-corrected chi connectivity index (χ3v) is 4.90. The topological polar surface area (TPSA) is 133 Å². The molecule has 4 N–H and O–H groups in total. The van der Waals surface area contributed by atoms with E-state index in [9.17, 15) is 19.2 Å². The molecule has 0 spiro atoms. The number of carboxylic acid groups (broad SMARTS) is 2. The second-order valence-corrected chi connectivity index (χ2v) is 8.14. The van der Waals surface area contributed by atoms with E-state index in [1.807, 2.05) is 24.3 Å². The van der Waals surface area contributed by atoms with E-state index in [-0.39, 0.29) is 5.41 Å². The molecule has 34 heavy (non-hydrogen) atoms. The largest absolute Gasteiger partial charge is 0.478 e. The van der Waals surface area contributed by atoms with Crippen LogP contribution in [0, 0.1) is 0 Å². The zero-order valence-corrected chi connectivity index (χ0v) is 18.9. The molecule has 2 rings (SSSR count). The van der Waals surface area contributed by atoms with Gasteiger partial charge >= 0.3 is 11.9 Å². The third-order valence-electron chi connectivity index (χ3n) is 4.90. The summed E-state index contributed by atoms with van der Waals surface area (Å²) in [6, 6.07) is 14.4. The van der Waals surface area contributed by atoms with Gasteiger partial charge in [-0.3, -0.25) is 9.59 Å². The second kappa shape index (κ2) is 11.4. The summed E-state index contributed by atoms with van der Waals surface area (Å²) in [5, 5.41) is 22.3. The van der Waals surface area contributed by atoms with Crippen molar-refractivity contribution in [3.8, 4) is 0 Å². The van der Waals surface area contributed by atoms with Crippen LogP contribution in [0.15, 0.2) is 79.4 Å². The van der Waals surface area contributed by atoms with Crippen molar-refractivity contribution in [3.05, 3.63) is 90.5 Å². The molecule has 0 bridgehead atoms. The SMILES string of the molecule is C=C(CC(C)(C)c1ccc(NC(=O)/C=C\C(=O)O)cc1)c1ccc(NC(=O)/C=C\C(=O)O)cc1. The Morgan fingerprint density at radius 2 is 1.18 bits per heavy atom. The summed E-state index contributed by atoms with van der Waals surface area (Å²) < 4.78 is 0. The van der Waals surface area contributed by atoms with Gasteiger partial charge in [-0.2, -0.15) is 0 Å². The highest BCUT2D eigenvalue weighted by molar-refractivity contribution is 6.03. The highest BCUT2D eigenvalue weighted by Gasteiger charge is 2.22. The first-order valence-electron chi connectivity index (χ1n) is 10.3. The van der Waals surface area contributed by atoms with Crippen LogP contribution in [0.1, 0.15) is 31.4 Å². The van der Waals surface area contributed by atoms with Crippen molar-refractivity contribution in [2.45, 2.75) is 25.7 Å². The number of nitrogens with one attached hydrogen (secondary N) is 2. The molecule has 0 radical (unpaired) electrons. The van der Waals surface area contributed by atoms with Crippen molar-refractivity contribution in [1.82, 2.24) is 0 Å². The normalized spacial score (nSPS) is 11.4. The first-order valence-corrected chi connectivity index (χ1v) is 10.3. The van der Waals surface area contributed by atoms with Crippen molar-refractivity contribution in [2.75, 3.05) is 10.6 Å². The van der Waals surface area contributed by atoms with Crippen molar-refractivity contribution in [2.24, 2.45) is 0 Å². The smallest absolute Gasteiger partial charge is 0.328 e. The van der Waals surface area contributed by atoms with Crippen LogP contribution in [0.4, 0.5) is 11.4 Å². The Kier molecular flexibility index (Phi) is 8.66. The molecule has 0 aliphatic carbocycles. The molecule has 8 nitrogen and oxygen atoms in total. The lowest BCUT2D eigenvalue weighted by Crippen LogP contribution is -2.18. The summed E-state index contributed by atoms with van der Waals surface area (Å²) in [5.41, 5.74) is 3.64. The molecule has 0 atom stereocenters. The number of hydrogen-bond donors (Lipinski definition) is 4. The number of aliphatic carboxylic acids is 2. The molecule has 0 aliphatic heterocycles. The average molecular weight is 463 g/mol. The molecule has 0 saturated carbocycles. The summed E-state index contributed by atoms with van der Waals surface area (Å²) in [7, 11) is 0. The van der Waals surface area contributed by atoms with Crippen LogP contribution in [0.3, 0.4) is 0 Å². The van der Waals surface area contributed by atoms with Gasteiger partial charge in [0.15, 0.2) is 0 Å². The minimum Gasteiger partial charge on any atom is -0.478 e. The maximum absolute atomic E-state index is 11.7. The number of carbonyl (C=O) groups is 4. The highest BCUT2D eigenvalue weighted by atomic mass is 16.4. The number of anilines is 2. The van der Waals surface area contributed by atoms with Crippen LogP contribution in [0.5, 0.6) is 0 Å². The number of carboxylic acids is 2. The van der Waals surface area contributed by atoms with Gasteiger partial charge in [0.05, 0.1) is 0 Å². The Morgan fingerprint density at radius 3 is 1.59 bits per heavy atom. The Morgan fingerprint density at radius 1 is 0.765 bits per heavy atom. The fraction of sp³-hybridized carbons (Fsp3) is 0.154. The van der Waals surface area contributed by atoms with E-state index in [2.05, 4.69) is 31.1 Å². The molecule has 2 aromatic rings. The quantitative estimate of drug-likeness (QED) is 0.391. The van der Waals surface area contributed by atoms with Crippen molar-refractivity contribution in [3.63, 3.8) is 0 Å². The Balaban J connectivity index is 2.00. The molecule has 0 unspecified atom stereocenters. The minimum atomic E-state index is -1.20. The van der Waals surface area contributed by atoms with Crippen LogP contribution < -0.4 is 10.6 Å². The van der Waals surface area contributed by atoms with E-state index in [4.69, 9.17) is 10.2 Å². The van der Waals surface area contributed by atoms with Crippen molar-refractivity contribution >= 4 is 40.7 Å². The molecular weight excluding hydrogens is 436 g/mol. The Labute approximate surface area is 197 Å². The summed E-state index contributed by atoms with van der Waals surface area (Å²) in [6.45, 7) is 8.34. The van der Waals surface area contributed by atoms with Gasteiger partial charge in [-0.15, -0.1) is 0 Å². The first-order chi connectivity index (χ1) is 16.0. The van der Waals surface area contributed by atoms with Gasteiger partial charge in [-0.05, 0) is 52.8 Å². The van der Waals surface area contributed by atoms with Crippen molar-refractivity contribution in [1.29, 1.82) is 0 Å². The molecule has 0 aliphatic rings. The third kappa shape index (κ3) is 8.23. The van der Waals surface area contributed by atoms with E-state index in [0.717, 1.165) is 41.0 Å². The van der Waals surface area contributed by atoms with Gasteiger partial charge in [-0.1, -0.05) is 44.7 Å². The van der Waals surface area contributed by atoms with Crippen LogP contribution in [-0.2, 0) is 24.6 Å². The summed E-state index contributed by atoms with van der Waals surface area (Å²) in [6.07, 6.45) is 4.09. The predicted octanol–water partition coefficient (Wildman–Crippen LogP) is 4.23. The lowest BCUT2D eigenvalue weighted by molar-refractivity contribution is -0.132. The number of rotatable bonds is 10. The standard InChI is InChI=1S/C26H26N2O6/c1-17(18-4-8-20(9-5-18)27-22(29)12-14-24(31)32)16-26(2,3)19-6-10-21(11-7-19)28-23(30)13-15-25(33)34/h4-15H,1,16H2,2-3H3,(H,27,29)(H,28,30)(H,31,32)(H,33,34)/b14-12-,15-13-. The lowest BCUT2D eigenvalue weighted by atomic mass is 9.78. The number of hydrogen-bond acceptors (Lipinski definition) is 4. The summed E-state index contributed by atoms with van der Waals surface area (Å²) in [5.74, 6) is -3.45. The predicted molar refractivity (Wildman–Crippen MR) is 130 cm³/mol. The molecule has 8 heteroatoms. The van der Waals surface area contributed by atoms with Gasteiger partial charge in [0, 0.05) is 35.7 Å². The molecule has 0 heterocycles. The van der Waals surface area contributed by atoms with E-state index in [1.165, 1.54) is 0 Å². The first kappa shape index (κ1) is 25.8. The van der Waals surface area contributed by atoms with Gasteiger partial charge in [-0.25, -0.2) is 9.59 Å². The van der Waals surface area contributed by atoms with Crippen molar-refractivity contribution < 1.29 is 29.4 Å². The minimum absolute atomic E-state index is 0.267. The number of carbonyl (C=O) groups excluding carboxylic acids is 2. The number of allylic oxidation sites excluding steroid dienone is 1. The zero-order valence-electron chi connectivity index (χ0n) is 18.9. The molecule has 0 saturated heterocycles. The maximum atomic E-state index is 11.7. The van der Waals surface area contributed by atoms with E-state index in [1.54, 1.807) is 24.3 Å². The molecule has 2 amide bonds. The van der Waals surface area contributed by atoms with Crippen LogP contribution >= 0.6 is 0 Å².